The second-order valence-corrected chi connectivity index (χ2v) is 6.32. The van der Waals surface area contributed by atoms with Crippen LogP contribution >= 0.6 is 22.9 Å². The summed E-state index contributed by atoms with van der Waals surface area (Å²) in [6.07, 6.45) is 0.703. The minimum Gasteiger partial charge on any atom is -0.486 e. The zero-order chi connectivity index (χ0) is 15.5. The van der Waals surface area contributed by atoms with E-state index in [-0.39, 0.29) is 5.91 Å². The van der Waals surface area contributed by atoms with Crippen molar-refractivity contribution in [1.82, 2.24) is 10.3 Å². The van der Waals surface area contributed by atoms with Crippen molar-refractivity contribution in [3.63, 3.8) is 0 Å². The first-order valence-electron chi connectivity index (χ1n) is 6.92. The molecule has 0 atom stereocenters. The zero-order valence-electron chi connectivity index (χ0n) is 12.0. The molecule has 1 aromatic heterocycles. The molecule has 2 aromatic rings. The van der Waals surface area contributed by atoms with Gasteiger partial charge < -0.3 is 14.8 Å². The number of hydrogen-bond donors (Lipinski definition) is 1. The van der Waals surface area contributed by atoms with Crippen molar-refractivity contribution in [2.24, 2.45) is 0 Å². The van der Waals surface area contributed by atoms with Gasteiger partial charge in [-0.3, -0.25) is 4.79 Å². The molecule has 5 nitrogen and oxygen atoms in total. The third kappa shape index (κ3) is 3.34. The molecular formula is C15H15ClN2O3S. The summed E-state index contributed by atoms with van der Waals surface area (Å²) in [7, 11) is 0. The van der Waals surface area contributed by atoms with E-state index in [2.05, 4.69) is 10.3 Å². The van der Waals surface area contributed by atoms with Gasteiger partial charge in [-0.05, 0) is 19.1 Å². The van der Waals surface area contributed by atoms with Crippen LogP contribution in [0.4, 0.5) is 0 Å². The number of fused-ring (bicyclic) bond motifs is 1. The van der Waals surface area contributed by atoms with E-state index in [0.29, 0.717) is 48.3 Å². The first kappa shape index (κ1) is 15.1. The molecule has 1 aromatic carbocycles. The van der Waals surface area contributed by atoms with E-state index in [4.69, 9.17) is 21.1 Å². The van der Waals surface area contributed by atoms with Crippen molar-refractivity contribution in [3.05, 3.63) is 38.8 Å². The SMILES string of the molecule is Cc1nc(CCNC(=O)c2cc(Cl)c3c(c2)OCCO3)cs1. The molecule has 1 aliphatic rings. The highest BCUT2D eigenvalue weighted by molar-refractivity contribution is 7.09. The van der Waals surface area contributed by atoms with Crippen LogP contribution in [0.1, 0.15) is 21.1 Å². The number of nitrogens with zero attached hydrogens (tertiary/aromatic N) is 1. The van der Waals surface area contributed by atoms with E-state index in [0.717, 1.165) is 10.7 Å². The molecule has 0 spiro atoms. The maximum Gasteiger partial charge on any atom is 0.251 e. The Balaban J connectivity index is 1.63. The Kier molecular flexibility index (Phi) is 4.49. The Morgan fingerprint density at radius 3 is 3.00 bits per heavy atom. The topological polar surface area (TPSA) is 60.5 Å². The molecule has 0 saturated carbocycles. The van der Waals surface area contributed by atoms with Gasteiger partial charge in [-0.2, -0.15) is 0 Å². The van der Waals surface area contributed by atoms with Crippen LogP contribution in [0.5, 0.6) is 11.5 Å². The number of carbonyl (C=O) groups excluding carboxylic acids is 1. The van der Waals surface area contributed by atoms with Gasteiger partial charge in [-0.15, -0.1) is 11.3 Å². The number of aromatic nitrogens is 1. The highest BCUT2D eigenvalue weighted by Crippen LogP contribution is 2.38. The van der Waals surface area contributed by atoms with E-state index < -0.39 is 0 Å². The van der Waals surface area contributed by atoms with Crippen LogP contribution in [0.15, 0.2) is 17.5 Å². The quantitative estimate of drug-likeness (QED) is 0.931. The monoisotopic (exact) mass is 338 g/mol. The van der Waals surface area contributed by atoms with Crippen LogP contribution in [-0.4, -0.2) is 30.6 Å². The number of amides is 1. The van der Waals surface area contributed by atoms with Gasteiger partial charge in [-0.25, -0.2) is 4.98 Å². The molecule has 2 heterocycles. The summed E-state index contributed by atoms with van der Waals surface area (Å²) in [5, 5.41) is 6.28. The molecule has 1 N–H and O–H groups in total. The van der Waals surface area contributed by atoms with Crippen molar-refractivity contribution in [1.29, 1.82) is 0 Å². The lowest BCUT2D eigenvalue weighted by atomic mass is 10.1. The summed E-state index contributed by atoms with van der Waals surface area (Å²) in [4.78, 5) is 16.6. The maximum atomic E-state index is 12.2. The molecule has 3 rings (SSSR count). The van der Waals surface area contributed by atoms with Crippen molar-refractivity contribution in [3.8, 4) is 11.5 Å². The Hall–Kier alpha value is -1.79. The number of nitrogens with one attached hydrogen (secondary N) is 1. The summed E-state index contributed by atoms with van der Waals surface area (Å²) in [5.41, 5.74) is 1.45. The molecule has 1 amide bonds. The molecule has 116 valence electrons. The van der Waals surface area contributed by atoms with Crippen molar-refractivity contribution < 1.29 is 14.3 Å². The highest BCUT2D eigenvalue weighted by atomic mass is 35.5. The standard InChI is InChI=1S/C15H15ClN2O3S/c1-9-18-11(8-22-9)2-3-17-15(19)10-6-12(16)14-13(7-10)20-4-5-21-14/h6-8H,2-5H2,1H3,(H,17,19). The van der Waals surface area contributed by atoms with Gasteiger partial charge >= 0.3 is 0 Å². The van der Waals surface area contributed by atoms with E-state index in [1.54, 1.807) is 23.5 Å². The highest BCUT2D eigenvalue weighted by Gasteiger charge is 2.19. The fraction of sp³-hybridized carbons (Fsp3) is 0.333. The molecule has 0 aliphatic carbocycles. The Bertz CT molecular complexity index is 702. The number of ether oxygens (including phenoxy) is 2. The number of halogens is 1. The lowest BCUT2D eigenvalue weighted by Crippen LogP contribution is -2.26. The van der Waals surface area contributed by atoms with Crippen molar-refractivity contribution >= 4 is 28.8 Å². The zero-order valence-corrected chi connectivity index (χ0v) is 13.6. The van der Waals surface area contributed by atoms with Crippen LogP contribution in [0.25, 0.3) is 0 Å². The lowest BCUT2D eigenvalue weighted by molar-refractivity contribution is 0.0953. The van der Waals surface area contributed by atoms with E-state index in [1.807, 2.05) is 12.3 Å². The predicted octanol–water partition coefficient (Wildman–Crippen LogP) is 2.85. The van der Waals surface area contributed by atoms with Crippen LogP contribution in [-0.2, 0) is 6.42 Å². The van der Waals surface area contributed by atoms with Crippen molar-refractivity contribution in [2.45, 2.75) is 13.3 Å². The number of rotatable bonds is 4. The Morgan fingerprint density at radius 2 is 2.23 bits per heavy atom. The van der Waals surface area contributed by atoms with Crippen LogP contribution in [0.2, 0.25) is 5.02 Å². The average molecular weight is 339 g/mol. The lowest BCUT2D eigenvalue weighted by Gasteiger charge is -2.20. The van der Waals surface area contributed by atoms with Gasteiger partial charge in [-0.1, -0.05) is 11.6 Å². The van der Waals surface area contributed by atoms with Gasteiger partial charge in [0.25, 0.3) is 5.91 Å². The largest absolute Gasteiger partial charge is 0.486 e. The van der Waals surface area contributed by atoms with Gasteiger partial charge in [0, 0.05) is 23.9 Å². The van der Waals surface area contributed by atoms with Gasteiger partial charge in [0.15, 0.2) is 11.5 Å². The first-order chi connectivity index (χ1) is 10.6. The Morgan fingerprint density at radius 1 is 1.41 bits per heavy atom. The van der Waals surface area contributed by atoms with E-state index >= 15 is 0 Å². The number of carbonyl (C=O) groups is 1. The van der Waals surface area contributed by atoms with Gasteiger partial charge in [0.1, 0.15) is 13.2 Å². The molecule has 0 radical (unpaired) electrons. The summed E-state index contributed by atoms with van der Waals surface area (Å²) in [5.74, 6) is 0.826. The number of thiazole rings is 1. The van der Waals surface area contributed by atoms with Crippen LogP contribution in [0, 0.1) is 6.92 Å². The summed E-state index contributed by atoms with van der Waals surface area (Å²) >= 11 is 7.74. The third-order valence-electron chi connectivity index (χ3n) is 3.19. The normalized spacial score (nSPS) is 13.0. The van der Waals surface area contributed by atoms with E-state index in [1.165, 1.54) is 0 Å². The second kappa shape index (κ2) is 6.54. The van der Waals surface area contributed by atoms with Crippen molar-refractivity contribution in [2.75, 3.05) is 19.8 Å². The van der Waals surface area contributed by atoms with E-state index in [9.17, 15) is 4.79 Å². The molecule has 7 heteroatoms. The third-order valence-corrected chi connectivity index (χ3v) is 4.30. The Labute approximate surface area is 137 Å². The minimum atomic E-state index is -0.189. The van der Waals surface area contributed by atoms with Gasteiger partial charge in [0.05, 0.1) is 15.7 Å². The van der Waals surface area contributed by atoms with Gasteiger partial charge in [0.2, 0.25) is 0 Å². The summed E-state index contributed by atoms with van der Waals surface area (Å²) < 4.78 is 10.9. The molecule has 0 unspecified atom stereocenters. The molecule has 22 heavy (non-hydrogen) atoms. The van der Waals surface area contributed by atoms with Crippen LogP contribution in [0.3, 0.4) is 0 Å². The molecule has 0 saturated heterocycles. The fourth-order valence-electron chi connectivity index (χ4n) is 2.17. The summed E-state index contributed by atoms with van der Waals surface area (Å²) in [6, 6.07) is 3.25. The molecular weight excluding hydrogens is 324 g/mol. The molecule has 0 fully saturated rings. The average Bonchev–Trinajstić information content (AvgIpc) is 2.92. The number of aryl methyl sites for hydroxylation is 1. The fourth-order valence-corrected chi connectivity index (χ4v) is 3.08. The molecule has 0 bridgehead atoms. The minimum absolute atomic E-state index is 0.189. The second-order valence-electron chi connectivity index (χ2n) is 4.85. The van der Waals surface area contributed by atoms with Crippen LogP contribution < -0.4 is 14.8 Å². The predicted molar refractivity (Wildman–Crippen MR) is 85.3 cm³/mol. The summed E-state index contributed by atoms with van der Waals surface area (Å²) in [6.45, 7) is 3.40. The number of benzene rings is 1. The molecule has 1 aliphatic heterocycles. The smallest absolute Gasteiger partial charge is 0.251 e. The maximum absolute atomic E-state index is 12.2. The number of hydrogen-bond acceptors (Lipinski definition) is 5. The first-order valence-corrected chi connectivity index (χ1v) is 8.17.